The number of aromatic nitrogens is 2. The van der Waals surface area contributed by atoms with Gasteiger partial charge in [0.2, 0.25) is 0 Å². The summed E-state index contributed by atoms with van der Waals surface area (Å²) in [6.07, 6.45) is 9.77. The Hall–Kier alpha value is -1.32. The van der Waals surface area contributed by atoms with Crippen LogP contribution in [0, 0.1) is 17.8 Å². The van der Waals surface area contributed by atoms with Crippen molar-refractivity contribution >= 4 is 5.69 Å². The zero-order valence-corrected chi connectivity index (χ0v) is 12.1. The number of nitrogen functional groups attached to an aromatic ring is 1. The molecule has 0 aliphatic heterocycles. The fourth-order valence-corrected chi connectivity index (χ4v) is 5.59. The van der Waals surface area contributed by atoms with Crippen molar-refractivity contribution in [3.8, 4) is 0 Å². The van der Waals surface area contributed by atoms with Crippen LogP contribution in [0.2, 0.25) is 0 Å². The summed E-state index contributed by atoms with van der Waals surface area (Å²) in [5.41, 5.74) is 7.80. The average molecular weight is 273 g/mol. The lowest BCUT2D eigenvalue weighted by Crippen LogP contribution is -2.49. The first-order valence-corrected chi connectivity index (χ1v) is 7.97. The molecule has 0 atom stereocenters. The van der Waals surface area contributed by atoms with Crippen LogP contribution in [-0.2, 0) is 12.0 Å². The summed E-state index contributed by atoms with van der Waals surface area (Å²) in [6.45, 7) is 2.52. The van der Waals surface area contributed by atoms with Gasteiger partial charge < -0.3 is 5.73 Å². The van der Waals surface area contributed by atoms with Gasteiger partial charge in [-0.15, -0.1) is 0 Å². The second kappa shape index (κ2) is 4.09. The van der Waals surface area contributed by atoms with Gasteiger partial charge in [-0.1, -0.05) is 0 Å². The molecule has 4 aliphatic carbocycles. The summed E-state index contributed by atoms with van der Waals surface area (Å²) in [5.74, 6) is 2.57. The molecule has 0 saturated heterocycles. The lowest BCUT2D eigenvalue weighted by molar-refractivity contribution is -0.00514. The Labute approximate surface area is 119 Å². The van der Waals surface area contributed by atoms with E-state index in [0.29, 0.717) is 12.2 Å². The minimum absolute atomic E-state index is 0.0965. The minimum atomic E-state index is -0.0965. The van der Waals surface area contributed by atoms with Crippen LogP contribution in [0.4, 0.5) is 5.69 Å². The van der Waals surface area contributed by atoms with E-state index in [1.54, 1.807) is 0 Å². The van der Waals surface area contributed by atoms with Gasteiger partial charge in [-0.3, -0.25) is 4.79 Å². The van der Waals surface area contributed by atoms with E-state index >= 15 is 0 Å². The minimum Gasteiger partial charge on any atom is -0.394 e. The van der Waals surface area contributed by atoms with E-state index in [4.69, 9.17) is 5.73 Å². The quantitative estimate of drug-likeness (QED) is 0.899. The van der Waals surface area contributed by atoms with E-state index < -0.39 is 0 Å². The Bertz CT molecular complexity index is 569. The molecule has 4 fully saturated rings. The van der Waals surface area contributed by atoms with E-state index in [0.717, 1.165) is 23.3 Å². The number of nitrogens with two attached hydrogens (primary N) is 1. The highest BCUT2D eigenvalue weighted by Gasteiger charge is 2.52. The molecule has 2 N–H and O–H groups in total. The van der Waals surface area contributed by atoms with Crippen molar-refractivity contribution in [1.82, 2.24) is 9.78 Å². The molecule has 4 aliphatic rings. The van der Waals surface area contributed by atoms with Crippen LogP contribution in [0.15, 0.2) is 11.0 Å². The lowest BCUT2D eigenvalue weighted by Gasteiger charge is -2.57. The molecule has 5 rings (SSSR count). The van der Waals surface area contributed by atoms with Crippen LogP contribution in [-0.4, -0.2) is 9.78 Å². The van der Waals surface area contributed by atoms with E-state index in [2.05, 4.69) is 5.10 Å². The normalized spacial score (nSPS) is 38.4. The standard InChI is InChI=1S/C16H23N3O/c1-2-19-15(20)14(17)13(9-18-19)16-6-10-3-11(7-16)5-12(4-10)8-16/h9-12H,2-8,17H2,1H3. The topological polar surface area (TPSA) is 60.9 Å². The number of aryl methyl sites for hydroxylation is 1. The summed E-state index contributed by atoms with van der Waals surface area (Å²) < 4.78 is 1.47. The number of anilines is 1. The van der Waals surface area contributed by atoms with Crippen LogP contribution in [0.1, 0.15) is 51.0 Å². The number of hydrogen-bond acceptors (Lipinski definition) is 3. The van der Waals surface area contributed by atoms with Gasteiger partial charge in [-0.05, 0) is 68.6 Å². The first-order valence-electron chi connectivity index (χ1n) is 7.97. The van der Waals surface area contributed by atoms with Gasteiger partial charge in [0, 0.05) is 12.1 Å². The monoisotopic (exact) mass is 273 g/mol. The molecule has 4 heteroatoms. The molecule has 1 aromatic rings. The third kappa shape index (κ3) is 1.60. The maximum absolute atomic E-state index is 12.3. The first kappa shape index (κ1) is 12.4. The number of hydrogen-bond donors (Lipinski definition) is 1. The van der Waals surface area contributed by atoms with Gasteiger partial charge >= 0.3 is 0 Å². The van der Waals surface area contributed by atoms with Crippen molar-refractivity contribution < 1.29 is 0 Å². The van der Waals surface area contributed by atoms with Crippen molar-refractivity contribution in [2.45, 2.75) is 57.4 Å². The molecule has 0 spiro atoms. The summed E-state index contributed by atoms with van der Waals surface area (Å²) >= 11 is 0. The molecule has 0 radical (unpaired) electrons. The number of nitrogens with zero attached hydrogens (tertiary/aromatic N) is 2. The Morgan fingerprint density at radius 1 is 1.25 bits per heavy atom. The fourth-order valence-electron chi connectivity index (χ4n) is 5.59. The Balaban J connectivity index is 1.81. The van der Waals surface area contributed by atoms with Gasteiger partial charge in [0.15, 0.2) is 0 Å². The molecule has 4 nitrogen and oxygen atoms in total. The third-order valence-electron chi connectivity index (χ3n) is 5.99. The molecule has 4 saturated carbocycles. The maximum atomic E-state index is 12.3. The molecular formula is C16H23N3O. The Morgan fingerprint density at radius 3 is 2.30 bits per heavy atom. The molecule has 1 aromatic heterocycles. The van der Waals surface area contributed by atoms with Crippen LogP contribution < -0.4 is 11.3 Å². The Kier molecular flexibility index (Phi) is 2.54. The van der Waals surface area contributed by atoms with Gasteiger partial charge in [0.05, 0.1) is 6.20 Å². The molecule has 0 amide bonds. The molecule has 1 heterocycles. The highest BCUT2D eigenvalue weighted by Crippen LogP contribution is 2.61. The highest BCUT2D eigenvalue weighted by molar-refractivity contribution is 5.48. The zero-order valence-electron chi connectivity index (χ0n) is 12.1. The molecule has 20 heavy (non-hydrogen) atoms. The second-order valence-electron chi connectivity index (χ2n) is 7.29. The van der Waals surface area contributed by atoms with Crippen LogP contribution in [0.5, 0.6) is 0 Å². The van der Waals surface area contributed by atoms with Gasteiger partial charge in [-0.25, -0.2) is 4.68 Å². The predicted octanol–water partition coefficient (Wildman–Crippen LogP) is 2.31. The summed E-state index contributed by atoms with van der Waals surface area (Å²) in [6, 6.07) is 0. The number of rotatable bonds is 2. The van der Waals surface area contributed by atoms with Gasteiger partial charge in [-0.2, -0.15) is 5.10 Å². The maximum Gasteiger partial charge on any atom is 0.290 e. The SMILES string of the molecule is CCn1ncc(C23CC4CC(CC(C4)C2)C3)c(N)c1=O. The van der Waals surface area contributed by atoms with Crippen molar-refractivity contribution in [3.63, 3.8) is 0 Å². The third-order valence-corrected chi connectivity index (χ3v) is 5.99. The summed E-state index contributed by atoms with van der Waals surface area (Å²) in [5, 5.41) is 4.34. The van der Waals surface area contributed by atoms with Gasteiger partial charge in [0.25, 0.3) is 5.56 Å². The van der Waals surface area contributed by atoms with Crippen molar-refractivity contribution in [2.24, 2.45) is 17.8 Å². The van der Waals surface area contributed by atoms with Crippen molar-refractivity contribution in [1.29, 1.82) is 0 Å². The van der Waals surface area contributed by atoms with Crippen LogP contribution >= 0.6 is 0 Å². The summed E-state index contributed by atoms with van der Waals surface area (Å²) in [4.78, 5) is 12.3. The molecule has 0 unspecified atom stereocenters. The molecule has 108 valence electrons. The highest BCUT2D eigenvalue weighted by atomic mass is 16.1. The molecular weight excluding hydrogens is 250 g/mol. The Morgan fingerprint density at radius 2 is 1.80 bits per heavy atom. The van der Waals surface area contributed by atoms with Gasteiger partial charge in [0.1, 0.15) is 5.69 Å². The largest absolute Gasteiger partial charge is 0.394 e. The second-order valence-corrected chi connectivity index (χ2v) is 7.29. The summed E-state index contributed by atoms with van der Waals surface area (Å²) in [7, 11) is 0. The first-order chi connectivity index (χ1) is 9.61. The average Bonchev–Trinajstić information content (AvgIpc) is 2.40. The predicted molar refractivity (Wildman–Crippen MR) is 78.4 cm³/mol. The van der Waals surface area contributed by atoms with Crippen LogP contribution in [0.3, 0.4) is 0 Å². The van der Waals surface area contributed by atoms with E-state index in [1.807, 2.05) is 13.1 Å². The van der Waals surface area contributed by atoms with E-state index in [9.17, 15) is 4.79 Å². The molecule has 0 aromatic carbocycles. The zero-order chi connectivity index (χ0) is 13.9. The van der Waals surface area contributed by atoms with Crippen molar-refractivity contribution in [3.05, 3.63) is 22.1 Å². The smallest absolute Gasteiger partial charge is 0.290 e. The van der Waals surface area contributed by atoms with Crippen LogP contribution in [0.25, 0.3) is 0 Å². The molecule has 4 bridgehead atoms. The van der Waals surface area contributed by atoms with E-state index in [1.165, 1.54) is 43.2 Å². The fraction of sp³-hybridized carbons (Fsp3) is 0.750. The van der Waals surface area contributed by atoms with E-state index in [-0.39, 0.29) is 11.0 Å². The lowest BCUT2D eigenvalue weighted by atomic mass is 9.48. The van der Waals surface area contributed by atoms with Crippen molar-refractivity contribution in [2.75, 3.05) is 5.73 Å².